The van der Waals surface area contributed by atoms with Crippen molar-refractivity contribution in [3.8, 4) is 0 Å². The lowest BCUT2D eigenvalue weighted by molar-refractivity contribution is -0.159. The lowest BCUT2D eigenvalue weighted by Crippen LogP contribution is -2.53. The highest BCUT2D eigenvalue weighted by atomic mass is 35.5. The Kier molecular flexibility index (Phi) is 5.06. The molecule has 1 fully saturated rings. The Balaban J connectivity index is 2.40. The average Bonchev–Trinajstić information content (AvgIpc) is 2.44. The van der Waals surface area contributed by atoms with Crippen LogP contribution < -0.4 is 4.90 Å². The third-order valence-electron chi connectivity index (χ3n) is 3.45. The third-order valence-corrected chi connectivity index (χ3v) is 4.19. The van der Waals surface area contributed by atoms with Gasteiger partial charge in [0.2, 0.25) is 0 Å². The van der Waals surface area contributed by atoms with Gasteiger partial charge in [-0.05, 0) is 19.1 Å². The number of piperidine rings is 1. The molecule has 0 amide bonds. The number of carboxylic acids is 1. The molecular formula is C12H13ClF3N3O2S. The maximum Gasteiger partial charge on any atom is 0.408 e. The summed E-state index contributed by atoms with van der Waals surface area (Å²) in [6, 6.07) is -0.548. The zero-order valence-electron chi connectivity index (χ0n) is 11.5. The summed E-state index contributed by atoms with van der Waals surface area (Å²) in [5.41, 5.74) is 0. The summed E-state index contributed by atoms with van der Waals surface area (Å²) in [6.07, 6.45) is -3.12. The highest BCUT2D eigenvalue weighted by molar-refractivity contribution is 7.98. The van der Waals surface area contributed by atoms with Crippen LogP contribution in [0.15, 0.2) is 11.2 Å². The van der Waals surface area contributed by atoms with E-state index < -0.39 is 24.1 Å². The molecule has 122 valence electrons. The second-order valence-electron chi connectivity index (χ2n) is 4.86. The molecule has 2 rings (SSSR count). The van der Waals surface area contributed by atoms with Crippen LogP contribution in [-0.4, -0.2) is 46.1 Å². The SMILES string of the molecule is CSc1nc(Cl)cc(N2CC(C(=O)O)CCC2C(F)(F)F)n1. The highest BCUT2D eigenvalue weighted by Crippen LogP contribution is 2.37. The standard InChI is InChI=1S/C12H13ClF3N3O2S/c1-22-11-17-8(13)4-9(18-11)19-5-6(10(20)21)2-3-7(19)12(14,15)16/h4,6-7H,2-3,5H2,1H3,(H,20,21). The maximum atomic E-state index is 13.2. The van der Waals surface area contributed by atoms with E-state index in [2.05, 4.69) is 9.97 Å². The van der Waals surface area contributed by atoms with Crippen LogP contribution in [0.4, 0.5) is 19.0 Å². The van der Waals surface area contributed by atoms with Gasteiger partial charge in [0, 0.05) is 12.6 Å². The quantitative estimate of drug-likeness (QED) is 0.510. The number of aliphatic carboxylic acids is 1. The van der Waals surface area contributed by atoms with Crippen molar-refractivity contribution in [1.29, 1.82) is 0 Å². The number of rotatable bonds is 3. The van der Waals surface area contributed by atoms with Crippen LogP contribution in [-0.2, 0) is 4.79 Å². The van der Waals surface area contributed by atoms with Crippen molar-refractivity contribution in [3.05, 3.63) is 11.2 Å². The Morgan fingerprint density at radius 2 is 2.14 bits per heavy atom. The van der Waals surface area contributed by atoms with Crippen molar-refractivity contribution in [3.63, 3.8) is 0 Å². The summed E-state index contributed by atoms with van der Waals surface area (Å²) in [6.45, 7) is -0.263. The molecule has 0 radical (unpaired) electrons. The van der Waals surface area contributed by atoms with E-state index >= 15 is 0 Å². The molecule has 0 aliphatic carbocycles. The van der Waals surface area contributed by atoms with Gasteiger partial charge in [-0.2, -0.15) is 13.2 Å². The van der Waals surface area contributed by atoms with Crippen molar-refractivity contribution < 1.29 is 23.1 Å². The van der Waals surface area contributed by atoms with Crippen molar-refractivity contribution in [2.45, 2.75) is 30.2 Å². The normalized spacial score (nSPS) is 22.7. The zero-order valence-corrected chi connectivity index (χ0v) is 13.0. The lowest BCUT2D eigenvalue weighted by Gasteiger charge is -2.40. The predicted octanol–water partition coefficient (Wildman–Crippen LogP) is 3.08. The molecule has 1 aliphatic heterocycles. The van der Waals surface area contributed by atoms with E-state index in [0.29, 0.717) is 0 Å². The molecule has 0 spiro atoms. The first-order valence-corrected chi connectivity index (χ1v) is 7.97. The van der Waals surface area contributed by atoms with Crippen LogP contribution in [0.1, 0.15) is 12.8 Å². The van der Waals surface area contributed by atoms with E-state index in [1.807, 2.05) is 0 Å². The van der Waals surface area contributed by atoms with Crippen molar-refractivity contribution in [1.82, 2.24) is 9.97 Å². The van der Waals surface area contributed by atoms with Gasteiger partial charge in [0.25, 0.3) is 0 Å². The van der Waals surface area contributed by atoms with Crippen LogP contribution in [0.3, 0.4) is 0 Å². The van der Waals surface area contributed by atoms with Gasteiger partial charge in [-0.3, -0.25) is 4.79 Å². The molecule has 1 aromatic rings. The fraction of sp³-hybridized carbons (Fsp3) is 0.583. The molecule has 2 heterocycles. The fourth-order valence-corrected chi connectivity index (χ4v) is 2.99. The summed E-state index contributed by atoms with van der Waals surface area (Å²) in [7, 11) is 0. The first-order chi connectivity index (χ1) is 10.2. The number of hydrogen-bond donors (Lipinski definition) is 1. The number of hydrogen-bond acceptors (Lipinski definition) is 5. The Bertz CT molecular complexity index is 573. The molecule has 0 aromatic carbocycles. The second-order valence-corrected chi connectivity index (χ2v) is 6.02. The van der Waals surface area contributed by atoms with E-state index in [1.54, 1.807) is 6.26 Å². The Morgan fingerprint density at radius 1 is 1.45 bits per heavy atom. The lowest BCUT2D eigenvalue weighted by atomic mass is 9.92. The number of thioether (sulfide) groups is 1. The number of carbonyl (C=O) groups is 1. The molecule has 22 heavy (non-hydrogen) atoms. The zero-order chi connectivity index (χ0) is 16.5. The van der Waals surface area contributed by atoms with Crippen molar-refractivity contribution in [2.75, 3.05) is 17.7 Å². The van der Waals surface area contributed by atoms with Gasteiger partial charge >= 0.3 is 12.1 Å². The summed E-state index contributed by atoms with van der Waals surface area (Å²) >= 11 is 6.97. The van der Waals surface area contributed by atoms with Crippen LogP contribution in [0, 0.1) is 5.92 Å². The Labute approximate surface area is 133 Å². The summed E-state index contributed by atoms with van der Waals surface area (Å²) in [5, 5.41) is 9.33. The van der Waals surface area contributed by atoms with Gasteiger partial charge in [-0.15, -0.1) is 0 Å². The topological polar surface area (TPSA) is 66.3 Å². The number of anilines is 1. The minimum atomic E-state index is -4.47. The van der Waals surface area contributed by atoms with E-state index in [4.69, 9.17) is 16.7 Å². The van der Waals surface area contributed by atoms with Crippen LogP contribution in [0.5, 0.6) is 0 Å². The maximum absolute atomic E-state index is 13.2. The largest absolute Gasteiger partial charge is 0.481 e. The van der Waals surface area contributed by atoms with Crippen molar-refractivity contribution in [2.24, 2.45) is 5.92 Å². The monoisotopic (exact) mass is 355 g/mol. The minimum Gasteiger partial charge on any atom is -0.481 e. The second kappa shape index (κ2) is 6.49. The molecule has 1 N–H and O–H groups in total. The van der Waals surface area contributed by atoms with E-state index in [0.717, 1.165) is 16.7 Å². The van der Waals surface area contributed by atoms with Gasteiger partial charge < -0.3 is 10.0 Å². The number of alkyl halides is 3. The van der Waals surface area contributed by atoms with E-state index in [1.165, 1.54) is 6.07 Å². The molecule has 5 nitrogen and oxygen atoms in total. The number of carboxylic acid groups (broad SMARTS) is 1. The highest BCUT2D eigenvalue weighted by Gasteiger charge is 2.48. The first-order valence-electron chi connectivity index (χ1n) is 6.37. The summed E-state index contributed by atoms with van der Waals surface area (Å²) in [5.74, 6) is -1.99. The van der Waals surface area contributed by atoms with Gasteiger partial charge in [0.1, 0.15) is 17.0 Å². The summed E-state index contributed by atoms with van der Waals surface area (Å²) in [4.78, 5) is 20.0. The molecular weight excluding hydrogens is 343 g/mol. The third kappa shape index (κ3) is 3.75. The summed E-state index contributed by atoms with van der Waals surface area (Å²) < 4.78 is 39.7. The number of halogens is 4. The molecule has 2 atom stereocenters. The molecule has 1 saturated heterocycles. The van der Waals surface area contributed by atoms with Crippen LogP contribution in [0.25, 0.3) is 0 Å². The van der Waals surface area contributed by atoms with Gasteiger partial charge in [0.05, 0.1) is 5.92 Å². The fourth-order valence-electron chi connectivity index (χ4n) is 2.39. The first kappa shape index (κ1) is 17.1. The predicted molar refractivity (Wildman–Crippen MR) is 76.4 cm³/mol. The number of nitrogens with zero attached hydrogens (tertiary/aromatic N) is 3. The van der Waals surface area contributed by atoms with Crippen LogP contribution in [0.2, 0.25) is 5.15 Å². The number of aromatic nitrogens is 2. The van der Waals surface area contributed by atoms with Gasteiger partial charge in [0.15, 0.2) is 5.16 Å². The molecule has 1 aliphatic rings. The Morgan fingerprint density at radius 3 is 2.68 bits per heavy atom. The molecule has 0 bridgehead atoms. The molecule has 10 heteroatoms. The molecule has 0 saturated carbocycles. The smallest absolute Gasteiger partial charge is 0.408 e. The van der Waals surface area contributed by atoms with Gasteiger partial charge in [-0.25, -0.2) is 9.97 Å². The minimum absolute atomic E-state index is 0.00220. The van der Waals surface area contributed by atoms with Crippen molar-refractivity contribution >= 4 is 35.1 Å². The van der Waals surface area contributed by atoms with Crippen LogP contribution >= 0.6 is 23.4 Å². The Hall–Kier alpha value is -1.22. The average molecular weight is 356 g/mol. The molecule has 2 unspecified atom stereocenters. The molecule has 1 aromatic heterocycles. The van der Waals surface area contributed by atoms with E-state index in [9.17, 15) is 18.0 Å². The van der Waals surface area contributed by atoms with Gasteiger partial charge in [-0.1, -0.05) is 23.4 Å². The van der Waals surface area contributed by atoms with E-state index in [-0.39, 0.29) is 35.5 Å².